The van der Waals surface area contributed by atoms with Gasteiger partial charge in [0.05, 0.1) is 26.0 Å². The maximum absolute atomic E-state index is 14.5. The first-order valence-corrected chi connectivity index (χ1v) is 10.6. The summed E-state index contributed by atoms with van der Waals surface area (Å²) in [6, 6.07) is 5.88. The second-order valence-corrected chi connectivity index (χ2v) is 8.84. The smallest absolute Gasteiger partial charge is 0.227 e. The number of nitrogens with one attached hydrogen (secondary N) is 2. The fourth-order valence-electron chi connectivity index (χ4n) is 4.86. The van der Waals surface area contributed by atoms with Crippen molar-refractivity contribution in [2.24, 2.45) is 15.8 Å². The first-order valence-electron chi connectivity index (χ1n) is 10.6. The fourth-order valence-corrected chi connectivity index (χ4v) is 4.86. The molecule has 0 amide bonds. The zero-order chi connectivity index (χ0) is 21.5. The lowest BCUT2D eigenvalue weighted by atomic mass is 9.70. The van der Waals surface area contributed by atoms with E-state index >= 15 is 0 Å². The Bertz CT molecular complexity index is 1020. The topological polar surface area (TPSA) is 83.9 Å². The normalized spacial score (nSPS) is 26.4. The molecule has 164 valence electrons. The van der Waals surface area contributed by atoms with Crippen LogP contribution in [0.2, 0.25) is 0 Å². The van der Waals surface area contributed by atoms with E-state index in [9.17, 15) is 4.39 Å². The summed E-state index contributed by atoms with van der Waals surface area (Å²) >= 11 is 0. The molecular formula is C22H27FN6O2. The molecule has 2 saturated heterocycles. The Morgan fingerprint density at radius 3 is 3.03 bits per heavy atom. The Kier molecular flexibility index (Phi) is 5.11. The van der Waals surface area contributed by atoms with E-state index in [4.69, 9.17) is 9.78 Å². The molecule has 8 nitrogen and oxygen atoms in total. The number of nitrogens with zero attached hydrogens (tertiary/aromatic N) is 4. The van der Waals surface area contributed by atoms with Gasteiger partial charge in [0, 0.05) is 48.9 Å². The molecule has 2 aromatic rings. The molecule has 0 saturated carbocycles. The summed E-state index contributed by atoms with van der Waals surface area (Å²) in [6.45, 7) is 9.02. The van der Waals surface area contributed by atoms with Gasteiger partial charge in [-0.05, 0) is 30.2 Å². The van der Waals surface area contributed by atoms with E-state index in [1.54, 1.807) is 0 Å². The maximum atomic E-state index is 14.5. The Hall–Kier alpha value is -2.62. The molecule has 2 unspecified atom stereocenters. The van der Waals surface area contributed by atoms with Crippen LogP contribution in [0, 0.1) is 16.6 Å². The molecule has 5 rings (SSSR count). The summed E-state index contributed by atoms with van der Waals surface area (Å²) in [6.07, 6.45) is 3.07. The highest BCUT2D eigenvalue weighted by Gasteiger charge is 2.58. The van der Waals surface area contributed by atoms with Gasteiger partial charge in [-0.25, -0.2) is 19.1 Å². The van der Waals surface area contributed by atoms with Gasteiger partial charge in [-0.15, -0.1) is 0 Å². The summed E-state index contributed by atoms with van der Waals surface area (Å²) in [4.78, 5) is 25.9. The number of hydrogen-bond donors (Lipinski definition) is 2. The number of rotatable bonds is 7. The molecule has 3 aliphatic heterocycles. The summed E-state index contributed by atoms with van der Waals surface area (Å²) in [5.41, 5.74) is 2.84. The van der Waals surface area contributed by atoms with Gasteiger partial charge in [0.2, 0.25) is 5.95 Å². The monoisotopic (exact) mass is 426 g/mol. The van der Waals surface area contributed by atoms with Crippen LogP contribution in [0.3, 0.4) is 0 Å². The number of hydrogen-bond acceptors (Lipinski definition) is 8. The van der Waals surface area contributed by atoms with Crippen molar-refractivity contribution in [3.05, 3.63) is 41.3 Å². The van der Waals surface area contributed by atoms with Gasteiger partial charge in [0.25, 0.3) is 0 Å². The Balaban J connectivity index is 1.37. The molecule has 2 N–H and O–H groups in total. The largest absolute Gasteiger partial charge is 0.339 e. The molecule has 4 heterocycles. The van der Waals surface area contributed by atoms with E-state index in [1.807, 2.05) is 31.3 Å². The van der Waals surface area contributed by atoms with E-state index in [2.05, 4.69) is 37.4 Å². The molecule has 31 heavy (non-hydrogen) atoms. The molecule has 2 atom stereocenters. The van der Waals surface area contributed by atoms with Crippen LogP contribution in [0.25, 0.3) is 0 Å². The third-order valence-electron chi connectivity index (χ3n) is 6.74. The second-order valence-electron chi connectivity index (χ2n) is 8.84. The van der Waals surface area contributed by atoms with E-state index in [-0.39, 0.29) is 16.6 Å². The maximum Gasteiger partial charge on any atom is 0.227 e. The van der Waals surface area contributed by atoms with Crippen molar-refractivity contribution in [3.8, 4) is 0 Å². The minimum atomic E-state index is -0.487. The average Bonchev–Trinajstić information content (AvgIpc) is 3.40. The SMILES string of the molecule is CCOOCC12CNCC1(C)CN(c1ncc(F)c(Nc3ccc4c(c3)C=NC4)n1)C2. The zero-order valence-corrected chi connectivity index (χ0v) is 17.8. The highest BCUT2D eigenvalue weighted by Crippen LogP contribution is 2.49. The van der Waals surface area contributed by atoms with Crippen molar-refractivity contribution in [1.82, 2.24) is 15.3 Å². The number of aromatic nitrogens is 2. The van der Waals surface area contributed by atoms with Crippen molar-refractivity contribution < 1.29 is 14.2 Å². The summed E-state index contributed by atoms with van der Waals surface area (Å²) in [5.74, 6) is 0.192. The minimum Gasteiger partial charge on any atom is -0.339 e. The quantitative estimate of drug-likeness (QED) is 0.400. The van der Waals surface area contributed by atoms with Gasteiger partial charge < -0.3 is 15.5 Å². The van der Waals surface area contributed by atoms with Gasteiger partial charge >= 0.3 is 0 Å². The van der Waals surface area contributed by atoms with E-state index in [0.29, 0.717) is 32.3 Å². The average molecular weight is 426 g/mol. The van der Waals surface area contributed by atoms with Crippen LogP contribution in [-0.2, 0) is 16.3 Å². The molecule has 0 radical (unpaired) electrons. The van der Waals surface area contributed by atoms with Crippen molar-refractivity contribution in [2.75, 3.05) is 49.6 Å². The first-order chi connectivity index (χ1) is 15.0. The van der Waals surface area contributed by atoms with Crippen LogP contribution in [-0.4, -0.2) is 55.6 Å². The molecule has 0 spiro atoms. The van der Waals surface area contributed by atoms with Crippen LogP contribution in [0.5, 0.6) is 0 Å². The molecule has 3 aliphatic rings. The second kappa shape index (κ2) is 7.81. The van der Waals surface area contributed by atoms with Crippen LogP contribution in [0.15, 0.2) is 29.4 Å². The number of aliphatic imine (C=N–C) groups is 1. The fraction of sp³-hybridized carbons (Fsp3) is 0.500. The molecule has 2 fully saturated rings. The predicted molar refractivity (Wildman–Crippen MR) is 116 cm³/mol. The summed E-state index contributed by atoms with van der Waals surface area (Å²) in [5, 5.41) is 6.60. The Morgan fingerprint density at radius 1 is 1.26 bits per heavy atom. The van der Waals surface area contributed by atoms with Crippen molar-refractivity contribution >= 4 is 23.7 Å². The number of anilines is 3. The molecule has 0 aliphatic carbocycles. The van der Waals surface area contributed by atoms with E-state index in [1.165, 1.54) is 11.8 Å². The molecule has 1 aromatic heterocycles. The third-order valence-corrected chi connectivity index (χ3v) is 6.74. The molecule has 1 aromatic carbocycles. The zero-order valence-electron chi connectivity index (χ0n) is 17.8. The molecule has 9 heteroatoms. The van der Waals surface area contributed by atoms with E-state index in [0.717, 1.165) is 30.9 Å². The van der Waals surface area contributed by atoms with Crippen LogP contribution >= 0.6 is 0 Å². The first kappa shape index (κ1) is 20.3. The highest BCUT2D eigenvalue weighted by molar-refractivity contribution is 5.86. The van der Waals surface area contributed by atoms with Crippen LogP contribution in [0.1, 0.15) is 25.0 Å². The van der Waals surface area contributed by atoms with Gasteiger partial charge in [-0.3, -0.25) is 4.99 Å². The lowest BCUT2D eigenvalue weighted by Crippen LogP contribution is -2.41. The number of fused-ring (bicyclic) bond motifs is 2. The van der Waals surface area contributed by atoms with Crippen molar-refractivity contribution in [3.63, 3.8) is 0 Å². The van der Waals surface area contributed by atoms with Crippen molar-refractivity contribution in [2.45, 2.75) is 20.4 Å². The highest BCUT2D eigenvalue weighted by atomic mass is 19.1. The van der Waals surface area contributed by atoms with E-state index < -0.39 is 5.82 Å². The third kappa shape index (κ3) is 3.56. The summed E-state index contributed by atoms with van der Waals surface area (Å²) in [7, 11) is 0. The van der Waals surface area contributed by atoms with Gasteiger partial charge in [0.15, 0.2) is 11.6 Å². The molecular weight excluding hydrogens is 399 g/mol. The van der Waals surface area contributed by atoms with Crippen LogP contribution < -0.4 is 15.5 Å². The Labute approximate surface area is 180 Å². The lowest BCUT2D eigenvalue weighted by Gasteiger charge is -2.33. The standard InChI is InChI=1S/C22H27FN6O2/c1-3-30-31-14-22-11-25-10-21(22,2)12-29(13-22)20-26-9-18(23)19(28-20)27-17-5-4-15-7-24-8-16(15)6-17/h4-6,8-9,25H,3,7,10-14H2,1-2H3,(H,26,27,28). The van der Waals surface area contributed by atoms with Gasteiger partial charge in [0.1, 0.15) is 0 Å². The lowest BCUT2D eigenvalue weighted by molar-refractivity contribution is -0.308. The van der Waals surface area contributed by atoms with Crippen molar-refractivity contribution in [1.29, 1.82) is 0 Å². The Morgan fingerprint density at radius 2 is 2.16 bits per heavy atom. The van der Waals surface area contributed by atoms with Crippen LogP contribution in [0.4, 0.5) is 21.8 Å². The minimum absolute atomic E-state index is 0.0191. The predicted octanol–water partition coefficient (Wildman–Crippen LogP) is 2.68. The van der Waals surface area contributed by atoms with Gasteiger partial charge in [-0.1, -0.05) is 13.0 Å². The number of halogens is 1. The summed E-state index contributed by atoms with van der Waals surface area (Å²) < 4.78 is 14.5. The van der Waals surface area contributed by atoms with Gasteiger partial charge in [-0.2, -0.15) is 4.98 Å². The number of benzene rings is 1. The molecule has 0 bridgehead atoms.